The molecule has 0 atom stereocenters. The molecular formula is C15H7Br2F2NO. The van der Waals surface area contributed by atoms with Gasteiger partial charge in [-0.05, 0) is 24.3 Å². The normalized spacial score (nSPS) is 11.0. The summed E-state index contributed by atoms with van der Waals surface area (Å²) in [5.74, 6) is -2.49. The summed E-state index contributed by atoms with van der Waals surface area (Å²) >= 11 is 6.34. The van der Waals surface area contributed by atoms with Crippen molar-refractivity contribution in [1.29, 1.82) is 0 Å². The summed E-state index contributed by atoms with van der Waals surface area (Å²) < 4.78 is 28.8. The van der Waals surface area contributed by atoms with Crippen molar-refractivity contribution < 1.29 is 13.6 Å². The smallest absolute Gasteiger partial charge is 0.201 e. The average Bonchev–Trinajstić information content (AvgIpc) is 2.82. The van der Waals surface area contributed by atoms with E-state index in [1.165, 1.54) is 6.20 Å². The molecule has 0 fully saturated rings. The van der Waals surface area contributed by atoms with E-state index in [0.717, 1.165) is 12.1 Å². The van der Waals surface area contributed by atoms with Gasteiger partial charge in [-0.1, -0.05) is 37.9 Å². The van der Waals surface area contributed by atoms with Gasteiger partial charge in [-0.15, -0.1) is 0 Å². The van der Waals surface area contributed by atoms with Crippen molar-refractivity contribution in [1.82, 2.24) is 4.98 Å². The Morgan fingerprint density at radius 1 is 1.10 bits per heavy atom. The molecule has 0 spiro atoms. The summed E-state index contributed by atoms with van der Waals surface area (Å²) in [6.45, 7) is 0. The highest BCUT2D eigenvalue weighted by Gasteiger charge is 2.23. The quantitative estimate of drug-likeness (QED) is 0.574. The lowest BCUT2D eigenvalue weighted by Crippen LogP contribution is -2.07. The van der Waals surface area contributed by atoms with Gasteiger partial charge < -0.3 is 4.98 Å². The van der Waals surface area contributed by atoms with Crippen molar-refractivity contribution in [3.8, 4) is 0 Å². The van der Waals surface area contributed by atoms with Crippen LogP contribution >= 0.6 is 31.9 Å². The minimum Gasteiger partial charge on any atom is -0.360 e. The molecule has 0 unspecified atom stereocenters. The Morgan fingerprint density at radius 3 is 2.43 bits per heavy atom. The minimum absolute atomic E-state index is 0.220. The number of aromatic amines is 1. The highest BCUT2D eigenvalue weighted by atomic mass is 79.9. The summed E-state index contributed by atoms with van der Waals surface area (Å²) in [7, 11) is 0. The number of benzene rings is 2. The zero-order valence-corrected chi connectivity index (χ0v) is 13.6. The minimum atomic E-state index is -0.895. The number of ketones is 1. The zero-order valence-electron chi connectivity index (χ0n) is 10.4. The molecule has 2 nitrogen and oxygen atoms in total. The highest BCUT2D eigenvalue weighted by molar-refractivity contribution is 9.11. The lowest BCUT2D eigenvalue weighted by molar-refractivity contribution is 0.103. The monoisotopic (exact) mass is 413 g/mol. The Hall–Kier alpha value is -1.53. The van der Waals surface area contributed by atoms with Crippen LogP contribution in [0, 0.1) is 11.6 Å². The van der Waals surface area contributed by atoms with Gasteiger partial charge in [0.2, 0.25) is 5.78 Å². The van der Waals surface area contributed by atoms with Gasteiger partial charge in [0.05, 0.1) is 5.56 Å². The molecule has 2 aromatic carbocycles. The Bertz CT molecular complexity index is 850. The number of aromatic nitrogens is 1. The predicted molar refractivity (Wildman–Crippen MR) is 83.5 cm³/mol. The molecule has 3 aromatic rings. The maximum Gasteiger partial charge on any atom is 0.201 e. The summed E-state index contributed by atoms with van der Waals surface area (Å²) in [6.07, 6.45) is 1.46. The van der Waals surface area contributed by atoms with Gasteiger partial charge in [0.25, 0.3) is 0 Å². The third-order valence-electron chi connectivity index (χ3n) is 3.13. The summed E-state index contributed by atoms with van der Waals surface area (Å²) in [4.78, 5) is 15.4. The van der Waals surface area contributed by atoms with E-state index in [-0.39, 0.29) is 10.0 Å². The Morgan fingerprint density at radius 2 is 1.76 bits per heavy atom. The second kappa shape index (κ2) is 5.35. The fourth-order valence-corrected chi connectivity index (χ4v) is 3.19. The topological polar surface area (TPSA) is 32.9 Å². The largest absolute Gasteiger partial charge is 0.360 e. The van der Waals surface area contributed by atoms with Crippen molar-refractivity contribution in [2.24, 2.45) is 0 Å². The lowest BCUT2D eigenvalue weighted by atomic mass is 10.0. The molecule has 0 bridgehead atoms. The molecule has 0 aliphatic carbocycles. The first-order chi connectivity index (χ1) is 9.99. The second-order valence-corrected chi connectivity index (χ2v) is 6.21. The number of nitrogens with one attached hydrogen (secondary N) is 1. The van der Waals surface area contributed by atoms with E-state index in [4.69, 9.17) is 0 Å². The standard InChI is InChI=1S/C15H7Br2F2NO/c16-7-4-10(18)14(11(19)5-7)15(21)8-6-20-12-3-1-2-9(17)13(8)12/h1-6,20H. The molecule has 0 saturated carbocycles. The van der Waals surface area contributed by atoms with E-state index in [1.54, 1.807) is 18.2 Å². The van der Waals surface area contributed by atoms with Crippen LogP contribution in [0.1, 0.15) is 15.9 Å². The van der Waals surface area contributed by atoms with E-state index < -0.39 is 23.0 Å². The van der Waals surface area contributed by atoms with Crippen molar-refractivity contribution in [3.63, 3.8) is 0 Å². The van der Waals surface area contributed by atoms with Crippen molar-refractivity contribution in [3.05, 3.63) is 68.2 Å². The van der Waals surface area contributed by atoms with Crippen LogP contribution in [0.25, 0.3) is 10.9 Å². The van der Waals surface area contributed by atoms with Crippen LogP contribution in [0.5, 0.6) is 0 Å². The fourth-order valence-electron chi connectivity index (χ4n) is 2.21. The van der Waals surface area contributed by atoms with E-state index in [2.05, 4.69) is 36.8 Å². The van der Waals surface area contributed by atoms with Crippen molar-refractivity contribution in [2.45, 2.75) is 0 Å². The molecule has 0 aliphatic heterocycles. The van der Waals surface area contributed by atoms with Gasteiger partial charge in [-0.25, -0.2) is 8.78 Å². The third-order valence-corrected chi connectivity index (χ3v) is 4.25. The Balaban J connectivity index is 2.23. The number of carbonyl (C=O) groups excluding carboxylic acids is 1. The maximum absolute atomic E-state index is 13.9. The van der Waals surface area contributed by atoms with Gasteiger partial charge >= 0.3 is 0 Å². The van der Waals surface area contributed by atoms with Gasteiger partial charge in [-0.3, -0.25) is 4.79 Å². The molecule has 106 valence electrons. The molecular weight excluding hydrogens is 408 g/mol. The van der Waals surface area contributed by atoms with Crippen LogP contribution in [-0.4, -0.2) is 10.8 Å². The lowest BCUT2D eigenvalue weighted by Gasteiger charge is -2.05. The zero-order chi connectivity index (χ0) is 15.1. The molecule has 1 N–H and O–H groups in total. The van der Waals surface area contributed by atoms with Gasteiger partial charge in [0.1, 0.15) is 11.6 Å². The van der Waals surface area contributed by atoms with E-state index in [9.17, 15) is 13.6 Å². The average molecular weight is 415 g/mol. The first kappa shape index (κ1) is 14.4. The predicted octanol–water partition coefficient (Wildman–Crippen LogP) is 5.20. The molecule has 0 amide bonds. The molecule has 3 rings (SSSR count). The molecule has 21 heavy (non-hydrogen) atoms. The number of hydrogen-bond donors (Lipinski definition) is 1. The third kappa shape index (κ3) is 2.42. The van der Waals surface area contributed by atoms with Crippen LogP contribution < -0.4 is 0 Å². The summed E-state index contributed by atoms with van der Waals surface area (Å²) in [5, 5.41) is 0.601. The number of fused-ring (bicyclic) bond motifs is 1. The van der Waals surface area contributed by atoms with E-state index in [0.29, 0.717) is 15.4 Å². The van der Waals surface area contributed by atoms with Crippen LogP contribution in [-0.2, 0) is 0 Å². The fraction of sp³-hybridized carbons (Fsp3) is 0. The Kier molecular flexibility index (Phi) is 3.67. The van der Waals surface area contributed by atoms with E-state index >= 15 is 0 Å². The Labute approximate surface area is 135 Å². The summed E-state index contributed by atoms with van der Waals surface area (Å²) in [5.41, 5.74) is 0.373. The van der Waals surface area contributed by atoms with Crippen molar-refractivity contribution >= 4 is 48.5 Å². The van der Waals surface area contributed by atoms with Crippen LogP contribution in [0.4, 0.5) is 8.78 Å². The van der Waals surface area contributed by atoms with Crippen molar-refractivity contribution in [2.75, 3.05) is 0 Å². The molecule has 0 saturated heterocycles. The van der Waals surface area contributed by atoms with Crippen LogP contribution in [0.2, 0.25) is 0 Å². The molecule has 6 heteroatoms. The van der Waals surface area contributed by atoms with Gasteiger partial charge in [0.15, 0.2) is 0 Å². The number of carbonyl (C=O) groups is 1. The maximum atomic E-state index is 13.9. The number of halogens is 4. The highest BCUT2D eigenvalue weighted by Crippen LogP contribution is 2.30. The SMILES string of the molecule is O=C(c1c(F)cc(Br)cc1F)c1c[nH]c2cccc(Br)c12. The number of H-pyrrole nitrogens is 1. The second-order valence-electron chi connectivity index (χ2n) is 4.44. The first-order valence-electron chi connectivity index (χ1n) is 5.94. The van der Waals surface area contributed by atoms with Gasteiger partial charge in [0, 0.05) is 31.6 Å². The molecule has 1 heterocycles. The number of hydrogen-bond acceptors (Lipinski definition) is 1. The molecule has 0 radical (unpaired) electrons. The number of rotatable bonds is 2. The van der Waals surface area contributed by atoms with E-state index in [1.807, 2.05) is 0 Å². The van der Waals surface area contributed by atoms with Crippen LogP contribution in [0.3, 0.4) is 0 Å². The molecule has 1 aromatic heterocycles. The first-order valence-corrected chi connectivity index (χ1v) is 7.52. The summed E-state index contributed by atoms with van der Waals surface area (Å²) in [6, 6.07) is 7.49. The van der Waals surface area contributed by atoms with Gasteiger partial charge in [-0.2, -0.15) is 0 Å². The molecule has 0 aliphatic rings. The van der Waals surface area contributed by atoms with Crippen LogP contribution in [0.15, 0.2) is 45.5 Å².